The van der Waals surface area contributed by atoms with Gasteiger partial charge in [-0.25, -0.2) is 0 Å². The Hall–Kier alpha value is -7.82. The van der Waals surface area contributed by atoms with Crippen molar-refractivity contribution >= 4 is 110 Å². The molecule has 0 saturated heterocycles. The summed E-state index contributed by atoms with van der Waals surface area (Å²) in [6.07, 6.45) is 0. The van der Waals surface area contributed by atoms with Gasteiger partial charge in [-0.1, -0.05) is 96.1 Å². The standard InChI is InChI=1S/C60H46N4/c1-35-15-19-41(20-16-35)61(43-29-37(3)27-38(4)30-43)53-25-23-45-49-33-56-50(34-55(49)63-51-13-9-7-11-47(51)57(53)59(45)63)46-24-26-54(58-48-12-8-10-14-52(48)64(56)60(46)58)62(42-21-17-36(2)18-22-42)44-31-39(5)28-40(6)32-44/h7-34H,1-6H3. The highest BCUT2D eigenvalue weighted by Crippen LogP contribution is 2.51. The van der Waals surface area contributed by atoms with Gasteiger partial charge in [0.1, 0.15) is 0 Å². The zero-order chi connectivity index (χ0) is 43.1. The van der Waals surface area contributed by atoms with Crippen LogP contribution in [0.25, 0.3) is 76.2 Å². The summed E-state index contributed by atoms with van der Waals surface area (Å²) >= 11 is 0. The number of fused-ring (bicyclic) bond motifs is 12. The molecule has 13 rings (SSSR count). The van der Waals surface area contributed by atoms with E-state index in [1.54, 1.807) is 0 Å². The van der Waals surface area contributed by atoms with Crippen molar-refractivity contribution in [2.24, 2.45) is 0 Å². The van der Waals surface area contributed by atoms with Crippen LogP contribution in [-0.4, -0.2) is 8.80 Å². The van der Waals surface area contributed by atoms with Crippen molar-refractivity contribution < 1.29 is 0 Å². The van der Waals surface area contributed by atoms with Crippen LogP contribution in [0.2, 0.25) is 0 Å². The Balaban J connectivity index is 1.12. The van der Waals surface area contributed by atoms with Crippen LogP contribution in [0.1, 0.15) is 33.4 Å². The van der Waals surface area contributed by atoms with E-state index in [1.807, 2.05) is 0 Å². The monoisotopic (exact) mass is 822 g/mol. The van der Waals surface area contributed by atoms with E-state index in [0.717, 1.165) is 11.4 Å². The van der Waals surface area contributed by atoms with Crippen LogP contribution in [0.5, 0.6) is 0 Å². The van der Waals surface area contributed by atoms with Crippen molar-refractivity contribution in [1.29, 1.82) is 0 Å². The van der Waals surface area contributed by atoms with Crippen molar-refractivity contribution in [3.63, 3.8) is 0 Å². The number of anilines is 6. The lowest BCUT2D eigenvalue weighted by atomic mass is 10.0. The lowest BCUT2D eigenvalue weighted by molar-refractivity contribution is 1.26. The number of aryl methyl sites for hydroxylation is 6. The van der Waals surface area contributed by atoms with Gasteiger partial charge < -0.3 is 18.6 Å². The molecule has 0 saturated carbocycles. The highest BCUT2D eigenvalue weighted by Gasteiger charge is 2.28. The predicted octanol–water partition coefficient (Wildman–Crippen LogP) is 16.8. The van der Waals surface area contributed by atoms with Crippen molar-refractivity contribution in [1.82, 2.24) is 8.80 Å². The summed E-state index contributed by atoms with van der Waals surface area (Å²) < 4.78 is 5.09. The summed E-state index contributed by atoms with van der Waals surface area (Å²) in [5.74, 6) is 0. The number of hydrogen-bond acceptors (Lipinski definition) is 2. The van der Waals surface area contributed by atoms with E-state index >= 15 is 0 Å². The van der Waals surface area contributed by atoms with Crippen molar-refractivity contribution in [2.45, 2.75) is 41.5 Å². The fourth-order valence-electron chi connectivity index (χ4n) is 11.2. The molecule has 13 aromatic rings. The Bertz CT molecular complexity index is 3710. The minimum absolute atomic E-state index is 1.15. The average molecular weight is 823 g/mol. The Morgan fingerprint density at radius 1 is 0.281 bits per heavy atom. The first kappa shape index (κ1) is 36.8. The third-order valence-electron chi connectivity index (χ3n) is 13.8. The summed E-state index contributed by atoms with van der Waals surface area (Å²) in [5, 5.41) is 10.1. The molecule has 0 aliphatic rings. The molecule has 0 fully saturated rings. The van der Waals surface area contributed by atoms with E-state index in [2.05, 4.69) is 230 Å². The van der Waals surface area contributed by atoms with E-state index in [1.165, 1.54) is 132 Å². The molecule has 64 heavy (non-hydrogen) atoms. The lowest BCUT2D eigenvalue weighted by Crippen LogP contribution is -2.11. The molecule has 9 aromatic carbocycles. The van der Waals surface area contributed by atoms with Crippen LogP contribution in [-0.2, 0) is 0 Å². The SMILES string of the molecule is Cc1ccc(N(c2cc(C)cc(C)c2)c2ccc3c4cc5c(cc4n4c6ccccc6c2c34)c2ccc(N(c3ccc(C)cc3)c3cc(C)cc(C)c3)c3c4ccccc4n5c23)cc1. The molecule has 4 heterocycles. The summed E-state index contributed by atoms with van der Waals surface area (Å²) in [4.78, 5) is 4.93. The number of hydrogen-bond donors (Lipinski definition) is 0. The summed E-state index contributed by atoms with van der Waals surface area (Å²) in [5.41, 5.74) is 21.9. The van der Waals surface area contributed by atoms with E-state index in [9.17, 15) is 0 Å². The van der Waals surface area contributed by atoms with Crippen LogP contribution in [0.15, 0.2) is 170 Å². The van der Waals surface area contributed by atoms with Gasteiger partial charge in [-0.15, -0.1) is 0 Å². The smallest absolute Gasteiger partial charge is 0.0641 e. The maximum atomic E-state index is 2.55. The minimum atomic E-state index is 1.15. The maximum Gasteiger partial charge on any atom is 0.0641 e. The van der Waals surface area contributed by atoms with Crippen LogP contribution < -0.4 is 9.80 Å². The molecule has 4 aromatic heterocycles. The number of para-hydroxylation sites is 2. The second-order valence-electron chi connectivity index (χ2n) is 18.3. The lowest BCUT2D eigenvalue weighted by Gasteiger charge is -2.27. The van der Waals surface area contributed by atoms with Crippen molar-refractivity contribution in [3.05, 3.63) is 203 Å². The van der Waals surface area contributed by atoms with Gasteiger partial charge in [0.15, 0.2) is 0 Å². The number of benzene rings is 9. The first-order valence-electron chi connectivity index (χ1n) is 22.4. The molecular formula is C60H46N4. The molecule has 0 aliphatic heterocycles. The maximum absolute atomic E-state index is 2.55. The van der Waals surface area contributed by atoms with E-state index in [0.29, 0.717) is 0 Å². The quantitative estimate of drug-likeness (QED) is 0.166. The summed E-state index contributed by atoms with van der Waals surface area (Å²) in [7, 11) is 0. The first-order chi connectivity index (χ1) is 31.2. The van der Waals surface area contributed by atoms with E-state index in [-0.39, 0.29) is 0 Å². The fraction of sp³-hybridized carbons (Fsp3) is 0.100. The Morgan fingerprint density at radius 2 is 0.656 bits per heavy atom. The van der Waals surface area contributed by atoms with Crippen LogP contribution in [0.3, 0.4) is 0 Å². The average Bonchev–Trinajstić information content (AvgIpc) is 4.01. The van der Waals surface area contributed by atoms with Gasteiger partial charge >= 0.3 is 0 Å². The van der Waals surface area contributed by atoms with Gasteiger partial charge in [0.2, 0.25) is 0 Å². The third-order valence-corrected chi connectivity index (χ3v) is 13.8. The second kappa shape index (κ2) is 13.3. The molecule has 0 atom stereocenters. The van der Waals surface area contributed by atoms with Crippen molar-refractivity contribution in [3.8, 4) is 0 Å². The summed E-state index contributed by atoms with van der Waals surface area (Å²) in [6.45, 7) is 13.1. The number of nitrogens with zero attached hydrogens (tertiary/aromatic N) is 4. The number of aromatic nitrogens is 2. The zero-order valence-electron chi connectivity index (χ0n) is 37.0. The Labute approximate surface area is 372 Å². The predicted molar refractivity (Wildman–Crippen MR) is 274 cm³/mol. The van der Waals surface area contributed by atoms with E-state index < -0.39 is 0 Å². The molecule has 0 bridgehead atoms. The largest absolute Gasteiger partial charge is 0.310 e. The van der Waals surface area contributed by atoms with Gasteiger partial charge in [0, 0.05) is 65.8 Å². The first-order valence-corrected chi connectivity index (χ1v) is 22.4. The molecule has 0 radical (unpaired) electrons. The van der Waals surface area contributed by atoms with Gasteiger partial charge in [-0.2, -0.15) is 0 Å². The minimum Gasteiger partial charge on any atom is -0.310 e. The highest BCUT2D eigenvalue weighted by molar-refractivity contribution is 6.32. The normalized spacial score (nSPS) is 12.2. The number of rotatable bonds is 6. The van der Waals surface area contributed by atoms with Gasteiger partial charge in [0.25, 0.3) is 0 Å². The van der Waals surface area contributed by atoms with Crippen LogP contribution >= 0.6 is 0 Å². The summed E-state index contributed by atoms with van der Waals surface area (Å²) in [6, 6.07) is 64.2. The van der Waals surface area contributed by atoms with Crippen molar-refractivity contribution in [2.75, 3.05) is 9.80 Å². The van der Waals surface area contributed by atoms with Gasteiger partial charge in [0.05, 0.1) is 44.5 Å². The topological polar surface area (TPSA) is 15.3 Å². The third kappa shape index (κ3) is 5.17. The second-order valence-corrected chi connectivity index (χ2v) is 18.3. The Kier molecular flexibility index (Phi) is 7.67. The molecular weight excluding hydrogens is 777 g/mol. The van der Waals surface area contributed by atoms with Gasteiger partial charge in [-0.3, -0.25) is 0 Å². The Morgan fingerprint density at radius 3 is 1.05 bits per heavy atom. The molecule has 0 aliphatic carbocycles. The van der Waals surface area contributed by atoms with Crippen LogP contribution in [0, 0.1) is 41.5 Å². The molecule has 0 amide bonds. The van der Waals surface area contributed by atoms with Crippen LogP contribution in [0.4, 0.5) is 34.1 Å². The zero-order valence-corrected chi connectivity index (χ0v) is 37.0. The van der Waals surface area contributed by atoms with E-state index in [4.69, 9.17) is 0 Å². The molecule has 0 N–H and O–H groups in total. The molecule has 306 valence electrons. The highest BCUT2D eigenvalue weighted by atomic mass is 15.2. The van der Waals surface area contributed by atoms with Gasteiger partial charge in [-0.05, 0) is 149 Å². The molecule has 0 spiro atoms. The molecule has 4 nitrogen and oxygen atoms in total. The molecule has 0 unspecified atom stereocenters. The fourth-order valence-corrected chi connectivity index (χ4v) is 11.2. The molecule has 4 heteroatoms.